The van der Waals surface area contributed by atoms with Gasteiger partial charge in [-0.3, -0.25) is 9.59 Å². The van der Waals surface area contributed by atoms with Gasteiger partial charge in [-0.2, -0.15) is 0 Å². The minimum atomic E-state index is -0.735. The zero-order valence-corrected chi connectivity index (χ0v) is 14.4. The Balaban J connectivity index is 1.48. The van der Waals surface area contributed by atoms with Gasteiger partial charge in [-0.05, 0) is 31.9 Å². The first-order chi connectivity index (χ1) is 12.1. The lowest BCUT2D eigenvalue weighted by Gasteiger charge is -2.21. The first-order valence-corrected chi connectivity index (χ1v) is 8.75. The highest BCUT2D eigenvalue weighted by molar-refractivity contribution is 6.39. The maximum atomic E-state index is 12.1. The predicted molar refractivity (Wildman–Crippen MR) is 91.3 cm³/mol. The van der Waals surface area contributed by atoms with Crippen LogP contribution in [0.15, 0.2) is 24.3 Å². The molecule has 0 radical (unpaired) electrons. The Morgan fingerprint density at radius 2 is 2.00 bits per heavy atom. The number of carbonyl (C=O) groups is 2. The van der Waals surface area contributed by atoms with E-state index in [1.807, 2.05) is 6.92 Å². The van der Waals surface area contributed by atoms with Crippen molar-refractivity contribution in [2.45, 2.75) is 44.5 Å². The molecule has 1 spiro atoms. The molecule has 2 aliphatic rings. The van der Waals surface area contributed by atoms with E-state index in [1.54, 1.807) is 24.3 Å². The molecule has 1 atom stereocenters. The highest BCUT2D eigenvalue weighted by Crippen LogP contribution is 2.38. The molecule has 0 bridgehead atoms. The Hall–Kier alpha value is -2.12. The van der Waals surface area contributed by atoms with Crippen LogP contribution in [0.25, 0.3) is 0 Å². The van der Waals surface area contributed by atoms with E-state index in [2.05, 4.69) is 10.6 Å². The average molecular weight is 348 g/mol. The van der Waals surface area contributed by atoms with Crippen LogP contribution in [0.5, 0.6) is 5.75 Å². The summed E-state index contributed by atoms with van der Waals surface area (Å²) in [6.45, 7) is 3.02. The Morgan fingerprint density at radius 3 is 2.76 bits per heavy atom. The highest BCUT2D eigenvalue weighted by atomic mass is 16.7. The summed E-state index contributed by atoms with van der Waals surface area (Å²) in [4.78, 5) is 24.1. The maximum Gasteiger partial charge on any atom is 0.313 e. The number of para-hydroxylation sites is 2. The monoisotopic (exact) mass is 348 g/mol. The number of hydrogen-bond acceptors (Lipinski definition) is 5. The molecule has 2 fully saturated rings. The lowest BCUT2D eigenvalue weighted by Crippen LogP contribution is -2.40. The summed E-state index contributed by atoms with van der Waals surface area (Å²) >= 11 is 0. The molecule has 1 saturated carbocycles. The van der Waals surface area contributed by atoms with E-state index in [-0.39, 0.29) is 12.6 Å². The van der Waals surface area contributed by atoms with Gasteiger partial charge in [0.1, 0.15) is 11.9 Å². The molecule has 2 N–H and O–H groups in total. The molecule has 3 rings (SSSR count). The van der Waals surface area contributed by atoms with Gasteiger partial charge in [-0.25, -0.2) is 0 Å². The quantitative estimate of drug-likeness (QED) is 0.793. The molecule has 2 amide bonds. The molecule has 1 aromatic carbocycles. The van der Waals surface area contributed by atoms with Crippen LogP contribution in [-0.2, 0) is 19.1 Å². The SMILES string of the molecule is CCOc1ccccc1NC(=O)C(=O)NC[C@@H]1COC2(CCCC2)O1. The van der Waals surface area contributed by atoms with Gasteiger partial charge in [0, 0.05) is 19.4 Å². The molecule has 136 valence electrons. The number of carbonyl (C=O) groups excluding carboxylic acids is 2. The minimum absolute atomic E-state index is 0.217. The topological polar surface area (TPSA) is 85.9 Å². The van der Waals surface area contributed by atoms with Crippen molar-refractivity contribution < 1.29 is 23.8 Å². The second kappa shape index (κ2) is 7.84. The zero-order valence-electron chi connectivity index (χ0n) is 14.4. The first kappa shape index (κ1) is 17.7. The molecular formula is C18H24N2O5. The molecular weight excluding hydrogens is 324 g/mol. The van der Waals surface area contributed by atoms with Crippen LogP contribution in [-0.4, -0.2) is 43.5 Å². The summed E-state index contributed by atoms with van der Waals surface area (Å²) in [5.41, 5.74) is 0.467. The Kier molecular flexibility index (Phi) is 5.55. The number of benzene rings is 1. The standard InChI is InChI=1S/C18H24N2O5/c1-2-23-15-8-4-3-7-14(15)20-17(22)16(21)19-11-13-12-24-18(25-13)9-5-6-10-18/h3-4,7-8,13H,2,5-6,9-12H2,1H3,(H,19,21)(H,20,22)/t13-/m1/s1. The molecule has 1 aliphatic heterocycles. The van der Waals surface area contributed by atoms with Crippen molar-refractivity contribution in [3.63, 3.8) is 0 Å². The van der Waals surface area contributed by atoms with E-state index in [0.29, 0.717) is 24.7 Å². The van der Waals surface area contributed by atoms with E-state index in [0.717, 1.165) is 25.7 Å². The van der Waals surface area contributed by atoms with Crippen molar-refractivity contribution in [3.05, 3.63) is 24.3 Å². The van der Waals surface area contributed by atoms with E-state index in [9.17, 15) is 9.59 Å². The van der Waals surface area contributed by atoms with Gasteiger partial charge in [0.05, 0.1) is 18.9 Å². The van der Waals surface area contributed by atoms with Crippen molar-refractivity contribution in [2.75, 3.05) is 25.1 Å². The van der Waals surface area contributed by atoms with E-state index in [4.69, 9.17) is 14.2 Å². The summed E-state index contributed by atoms with van der Waals surface area (Å²) in [5, 5.41) is 5.18. The fourth-order valence-corrected chi connectivity index (χ4v) is 3.21. The number of ether oxygens (including phenoxy) is 3. The Labute approximate surface area is 147 Å². The fourth-order valence-electron chi connectivity index (χ4n) is 3.21. The largest absolute Gasteiger partial charge is 0.492 e. The third kappa shape index (κ3) is 4.29. The smallest absolute Gasteiger partial charge is 0.313 e. The number of rotatable bonds is 5. The van der Waals surface area contributed by atoms with Crippen molar-refractivity contribution in [1.29, 1.82) is 0 Å². The first-order valence-electron chi connectivity index (χ1n) is 8.75. The normalized spacial score (nSPS) is 21.2. The molecule has 7 nitrogen and oxygen atoms in total. The Bertz CT molecular complexity index is 628. The summed E-state index contributed by atoms with van der Waals surface area (Å²) in [7, 11) is 0. The van der Waals surface area contributed by atoms with Crippen LogP contribution >= 0.6 is 0 Å². The highest BCUT2D eigenvalue weighted by Gasteiger charge is 2.43. The molecule has 1 heterocycles. The van der Waals surface area contributed by atoms with Gasteiger partial charge < -0.3 is 24.8 Å². The minimum Gasteiger partial charge on any atom is -0.492 e. The number of nitrogens with one attached hydrogen (secondary N) is 2. The van der Waals surface area contributed by atoms with Gasteiger partial charge >= 0.3 is 11.8 Å². The van der Waals surface area contributed by atoms with Crippen LogP contribution in [0.3, 0.4) is 0 Å². The van der Waals surface area contributed by atoms with Gasteiger partial charge in [-0.15, -0.1) is 0 Å². The summed E-state index contributed by atoms with van der Waals surface area (Å²) in [5.74, 6) is -1.38. The van der Waals surface area contributed by atoms with Gasteiger partial charge in [0.25, 0.3) is 0 Å². The average Bonchev–Trinajstić information content (AvgIpc) is 3.24. The summed E-state index contributed by atoms with van der Waals surface area (Å²) < 4.78 is 17.1. The van der Waals surface area contributed by atoms with Gasteiger partial charge in [-0.1, -0.05) is 12.1 Å². The predicted octanol–water partition coefficient (Wildman–Crippen LogP) is 1.83. The lowest BCUT2D eigenvalue weighted by atomic mass is 10.2. The molecule has 0 unspecified atom stereocenters. The molecule has 1 aliphatic carbocycles. The molecule has 25 heavy (non-hydrogen) atoms. The Morgan fingerprint density at radius 1 is 1.24 bits per heavy atom. The van der Waals surface area contributed by atoms with Crippen LogP contribution < -0.4 is 15.4 Å². The molecule has 1 aromatic rings. The summed E-state index contributed by atoms with van der Waals surface area (Å²) in [6, 6.07) is 6.99. The van der Waals surface area contributed by atoms with E-state index < -0.39 is 17.6 Å². The zero-order chi connectivity index (χ0) is 17.7. The second-order valence-corrected chi connectivity index (χ2v) is 6.26. The third-order valence-corrected chi connectivity index (χ3v) is 4.41. The van der Waals surface area contributed by atoms with Crippen molar-refractivity contribution in [1.82, 2.24) is 5.32 Å². The van der Waals surface area contributed by atoms with Crippen molar-refractivity contribution in [3.8, 4) is 5.75 Å². The van der Waals surface area contributed by atoms with Crippen molar-refractivity contribution >= 4 is 17.5 Å². The van der Waals surface area contributed by atoms with E-state index >= 15 is 0 Å². The second-order valence-electron chi connectivity index (χ2n) is 6.26. The van der Waals surface area contributed by atoms with Crippen LogP contribution in [0.1, 0.15) is 32.6 Å². The van der Waals surface area contributed by atoms with Crippen molar-refractivity contribution in [2.24, 2.45) is 0 Å². The fraction of sp³-hybridized carbons (Fsp3) is 0.556. The third-order valence-electron chi connectivity index (χ3n) is 4.41. The lowest BCUT2D eigenvalue weighted by molar-refractivity contribution is -0.161. The number of hydrogen-bond donors (Lipinski definition) is 2. The number of anilines is 1. The van der Waals surface area contributed by atoms with Crippen LogP contribution in [0.2, 0.25) is 0 Å². The maximum absolute atomic E-state index is 12.1. The number of amides is 2. The summed E-state index contributed by atoms with van der Waals surface area (Å²) in [6.07, 6.45) is 3.77. The molecule has 1 saturated heterocycles. The van der Waals surface area contributed by atoms with Gasteiger partial charge in [0.2, 0.25) is 0 Å². The molecule has 0 aromatic heterocycles. The van der Waals surface area contributed by atoms with Crippen LogP contribution in [0, 0.1) is 0 Å². The van der Waals surface area contributed by atoms with Crippen LogP contribution in [0.4, 0.5) is 5.69 Å². The van der Waals surface area contributed by atoms with E-state index in [1.165, 1.54) is 0 Å². The van der Waals surface area contributed by atoms with Gasteiger partial charge in [0.15, 0.2) is 5.79 Å². The molecule has 7 heteroatoms.